The van der Waals surface area contributed by atoms with E-state index in [0.29, 0.717) is 19.4 Å². The third kappa shape index (κ3) is 59.8. The number of hydrogen-bond donors (Lipinski definition) is 0. The zero-order chi connectivity index (χ0) is 53.4. The van der Waals surface area contributed by atoms with Gasteiger partial charge >= 0.3 is 11.9 Å². The molecule has 0 N–H and O–H groups in total. The lowest BCUT2D eigenvalue weighted by Crippen LogP contribution is -2.30. The van der Waals surface area contributed by atoms with Crippen LogP contribution in [0, 0.1) is 0 Å². The van der Waals surface area contributed by atoms with Crippen molar-refractivity contribution in [2.45, 2.75) is 232 Å². The van der Waals surface area contributed by atoms with Gasteiger partial charge in [0.05, 0.1) is 6.61 Å². The van der Waals surface area contributed by atoms with E-state index in [4.69, 9.17) is 14.2 Å². The molecule has 0 amide bonds. The zero-order valence-electron chi connectivity index (χ0n) is 47.5. The lowest BCUT2D eigenvalue weighted by Gasteiger charge is -2.18. The van der Waals surface area contributed by atoms with Crippen molar-refractivity contribution in [3.8, 4) is 0 Å². The highest BCUT2D eigenvalue weighted by molar-refractivity contribution is 5.70. The lowest BCUT2D eigenvalue weighted by molar-refractivity contribution is -0.162. The molecular formula is C69H108O5. The molecule has 0 aromatic carbocycles. The van der Waals surface area contributed by atoms with Crippen molar-refractivity contribution in [2.24, 2.45) is 0 Å². The Morgan fingerprint density at radius 1 is 0.311 bits per heavy atom. The van der Waals surface area contributed by atoms with Gasteiger partial charge in [0.2, 0.25) is 0 Å². The second-order valence-corrected chi connectivity index (χ2v) is 18.8. The molecule has 0 fully saturated rings. The van der Waals surface area contributed by atoms with Crippen LogP contribution in [0.1, 0.15) is 226 Å². The highest BCUT2D eigenvalue weighted by atomic mass is 16.6. The molecule has 0 saturated carbocycles. The highest BCUT2D eigenvalue weighted by Crippen LogP contribution is 2.13. The Morgan fingerprint density at radius 2 is 0.608 bits per heavy atom. The first-order valence-corrected chi connectivity index (χ1v) is 29.7. The normalized spacial score (nSPS) is 13.5. The second kappa shape index (κ2) is 62.6. The maximum Gasteiger partial charge on any atom is 0.306 e. The summed E-state index contributed by atoms with van der Waals surface area (Å²) < 4.78 is 17.3. The highest BCUT2D eigenvalue weighted by Gasteiger charge is 2.17. The summed E-state index contributed by atoms with van der Waals surface area (Å²) in [6, 6.07) is 0. The summed E-state index contributed by atoms with van der Waals surface area (Å²) in [5, 5.41) is 0. The van der Waals surface area contributed by atoms with Crippen molar-refractivity contribution in [3.63, 3.8) is 0 Å². The average molecular weight is 1020 g/mol. The van der Waals surface area contributed by atoms with Crippen LogP contribution in [0.3, 0.4) is 0 Å². The largest absolute Gasteiger partial charge is 0.462 e. The van der Waals surface area contributed by atoms with E-state index in [1.165, 1.54) is 83.5 Å². The van der Waals surface area contributed by atoms with E-state index in [2.05, 4.69) is 179 Å². The van der Waals surface area contributed by atoms with Gasteiger partial charge in [-0.05, 0) is 128 Å². The molecule has 0 aromatic rings. The summed E-state index contributed by atoms with van der Waals surface area (Å²) >= 11 is 0. The Hall–Kier alpha value is -4.74. The average Bonchev–Trinajstić information content (AvgIpc) is 3.40. The van der Waals surface area contributed by atoms with Gasteiger partial charge in [-0.2, -0.15) is 0 Å². The Labute approximate surface area is 456 Å². The van der Waals surface area contributed by atoms with Gasteiger partial charge in [-0.25, -0.2) is 0 Å². The van der Waals surface area contributed by atoms with Crippen molar-refractivity contribution >= 4 is 11.9 Å². The number of ether oxygens (including phenoxy) is 3. The molecule has 0 aliphatic heterocycles. The van der Waals surface area contributed by atoms with Crippen LogP contribution >= 0.6 is 0 Å². The van der Waals surface area contributed by atoms with Crippen LogP contribution in [0.25, 0.3) is 0 Å². The molecule has 0 heterocycles. The molecule has 0 saturated heterocycles. The Morgan fingerprint density at radius 3 is 0.973 bits per heavy atom. The van der Waals surface area contributed by atoms with Gasteiger partial charge in [0.15, 0.2) is 6.10 Å². The minimum Gasteiger partial charge on any atom is -0.462 e. The van der Waals surface area contributed by atoms with Gasteiger partial charge in [0.25, 0.3) is 0 Å². The molecule has 74 heavy (non-hydrogen) atoms. The van der Waals surface area contributed by atoms with Crippen LogP contribution in [-0.2, 0) is 23.8 Å². The first-order valence-electron chi connectivity index (χ1n) is 29.7. The fourth-order valence-corrected chi connectivity index (χ4v) is 7.41. The van der Waals surface area contributed by atoms with Crippen LogP contribution < -0.4 is 0 Å². The Bertz CT molecular complexity index is 1670. The van der Waals surface area contributed by atoms with Crippen molar-refractivity contribution < 1.29 is 23.8 Å². The molecule has 0 spiro atoms. The number of allylic oxidation sites excluding steroid dienone is 28. The fraction of sp³-hybridized carbons (Fsp3) is 0.565. The van der Waals surface area contributed by atoms with Crippen molar-refractivity contribution in [1.29, 1.82) is 0 Å². The predicted octanol–water partition coefficient (Wildman–Crippen LogP) is 20.8. The van der Waals surface area contributed by atoms with E-state index < -0.39 is 6.10 Å². The summed E-state index contributed by atoms with van der Waals surface area (Å²) in [5.41, 5.74) is 0. The maximum absolute atomic E-state index is 12.9. The van der Waals surface area contributed by atoms with E-state index in [-0.39, 0.29) is 38.0 Å². The van der Waals surface area contributed by atoms with E-state index >= 15 is 0 Å². The molecule has 0 radical (unpaired) electrons. The molecule has 1 unspecified atom stereocenters. The first-order chi connectivity index (χ1) is 36.6. The van der Waals surface area contributed by atoms with Crippen LogP contribution in [-0.4, -0.2) is 37.9 Å². The smallest absolute Gasteiger partial charge is 0.306 e. The van der Waals surface area contributed by atoms with E-state index in [9.17, 15) is 9.59 Å². The number of carbonyl (C=O) groups excluding carboxylic acids is 2. The third-order valence-electron chi connectivity index (χ3n) is 11.7. The second-order valence-electron chi connectivity index (χ2n) is 18.8. The van der Waals surface area contributed by atoms with Crippen molar-refractivity contribution in [3.05, 3.63) is 170 Å². The minimum absolute atomic E-state index is 0.00177. The molecule has 1 atom stereocenters. The van der Waals surface area contributed by atoms with Gasteiger partial charge in [0.1, 0.15) is 6.61 Å². The van der Waals surface area contributed by atoms with Crippen LogP contribution in [0.2, 0.25) is 0 Å². The Kier molecular flexibility index (Phi) is 58.5. The monoisotopic (exact) mass is 1020 g/mol. The first kappa shape index (κ1) is 69.3. The van der Waals surface area contributed by atoms with Crippen LogP contribution in [0.5, 0.6) is 0 Å². The third-order valence-corrected chi connectivity index (χ3v) is 11.7. The lowest BCUT2D eigenvalue weighted by atomic mass is 10.1. The molecule has 5 nitrogen and oxygen atoms in total. The van der Waals surface area contributed by atoms with E-state index in [0.717, 1.165) is 96.3 Å². The maximum atomic E-state index is 12.9. The van der Waals surface area contributed by atoms with Gasteiger partial charge < -0.3 is 14.2 Å². The van der Waals surface area contributed by atoms with Crippen molar-refractivity contribution in [2.75, 3.05) is 19.8 Å². The number of carbonyl (C=O) groups is 2. The summed E-state index contributed by atoms with van der Waals surface area (Å²) in [6.07, 6.45) is 94.0. The van der Waals surface area contributed by atoms with Gasteiger partial charge in [-0.1, -0.05) is 255 Å². The quantitative estimate of drug-likeness (QED) is 0.0345. The van der Waals surface area contributed by atoms with Crippen molar-refractivity contribution in [1.82, 2.24) is 0 Å². The van der Waals surface area contributed by atoms with Gasteiger partial charge in [0, 0.05) is 19.4 Å². The number of unbranched alkanes of at least 4 members (excludes halogenated alkanes) is 13. The zero-order valence-corrected chi connectivity index (χ0v) is 47.5. The Balaban J connectivity index is 4.54. The fourth-order valence-electron chi connectivity index (χ4n) is 7.41. The van der Waals surface area contributed by atoms with E-state index in [1.54, 1.807) is 0 Å². The van der Waals surface area contributed by atoms with E-state index in [1.807, 2.05) is 12.2 Å². The summed E-state index contributed by atoms with van der Waals surface area (Å²) in [4.78, 5) is 25.5. The molecule has 0 rings (SSSR count). The minimum atomic E-state index is -0.624. The molecule has 0 aliphatic carbocycles. The molecule has 5 heteroatoms. The standard InChI is InChI=1S/C69H108O5/c1-4-7-10-13-16-19-22-25-28-31-34-37-40-43-46-49-52-55-58-61-64-72-65-67(74-69(71)63-60-57-54-51-48-45-42-39-36-33-30-27-24-21-18-15-12-9-6-3)66-73-68(70)62-59-56-53-50-47-44-41-38-35-32-29-26-23-20-17-14-11-8-5-2/h8-9,11-12,16-21,25-30,35-36,38-39,44-45,47-48,53-54,56-57,67H,4-7,10,13-15,22-24,31-34,37,40-43,46,49-52,55,58-66H2,1-3H3/b11-8-,12-9-,19-16-,20-17-,21-18-,28-25-,29-26-,30-27-,38-35-,39-36-,47-44-,48-45-,56-53-,57-54-. The van der Waals surface area contributed by atoms with Gasteiger partial charge in [-0.15, -0.1) is 0 Å². The number of esters is 2. The molecule has 0 aliphatic rings. The summed E-state index contributed by atoms with van der Waals surface area (Å²) in [7, 11) is 0. The van der Waals surface area contributed by atoms with Gasteiger partial charge in [-0.3, -0.25) is 9.59 Å². The molecule has 414 valence electrons. The summed E-state index contributed by atoms with van der Waals surface area (Å²) in [6.45, 7) is 7.39. The predicted molar refractivity (Wildman–Crippen MR) is 324 cm³/mol. The molecular weight excluding hydrogens is 909 g/mol. The summed E-state index contributed by atoms with van der Waals surface area (Å²) in [5.74, 6) is -0.604. The number of hydrogen-bond acceptors (Lipinski definition) is 5. The SMILES string of the molecule is CC/C=C\C/C=C\C/C=C\C/C=C\C/C=C\C/C=C\CCC(=O)OCC(COCCCCCCCCCCCC/C=C\C/C=C\CCCCC)OC(=O)CC/C=C\C/C=C\C/C=C\C/C=C\C/C=C\C/C=C\CC. The topological polar surface area (TPSA) is 61.8 Å². The van der Waals surface area contributed by atoms with Crippen LogP contribution in [0.15, 0.2) is 170 Å². The van der Waals surface area contributed by atoms with Crippen LogP contribution in [0.4, 0.5) is 0 Å². The number of rotatable bonds is 52. The molecule has 0 bridgehead atoms. The molecule has 0 aromatic heterocycles.